The number of aldehydes is 1. The molecule has 1 aliphatic rings. The fourth-order valence-corrected chi connectivity index (χ4v) is 2.60. The summed E-state index contributed by atoms with van der Waals surface area (Å²) in [6, 6.07) is 0. The van der Waals surface area contributed by atoms with Crippen molar-refractivity contribution in [1.29, 1.82) is 0 Å². The molecule has 2 heteroatoms. The molecule has 0 unspecified atom stereocenters. The standard InChI is InChI=1S/C9H16OS/c10-7-8-11-9-5-3-1-2-4-6-9/h7,9H,1-6,8H2. The molecule has 1 fully saturated rings. The molecule has 11 heavy (non-hydrogen) atoms. The second-order valence-electron chi connectivity index (χ2n) is 3.11. The summed E-state index contributed by atoms with van der Waals surface area (Å²) in [5, 5.41) is 0.780. The van der Waals surface area contributed by atoms with E-state index in [1.807, 2.05) is 11.8 Å². The largest absolute Gasteiger partial charge is 0.302 e. The molecule has 0 radical (unpaired) electrons. The Hall–Kier alpha value is 0.0200. The van der Waals surface area contributed by atoms with Crippen LogP contribution >= 0.6 is 11.8 Å². The number of hydrogen-bond donors (Lipinski definition) is 0. The van der Waals surface area contributed by atoms with Gasteiger partial charge in [-0.25, -0.2) is 0 Å². The Morgan fingerprint density at radius 3 is 2.36 bits per heavy atom. The van der Waals surface area contributed by atoms with Crippen LogP contribution in [0.2, 0.25) is 0 Å². The van der Waals surface area contributed by atoms with Gasteiger partial charge in [-0.1, -0.05) is 25.7 Å². The summed E-state index contributed by atoms with van der Waals surface area (Å²) < 4.78 is 0. The summed E-state index contributed by atoms with van der Waals surface area (Å²) >= 11 is 1.84. The van der Waals surface area contributed by atoms with Crippen molar-refractivity contribution in [3.05, 3.63) is 0 Å². The second kappa shape index (κ2) is 5.64. The molecule has 1 saturated carbocycles. The van der Waals surface area contributed by atoms with E-state index < -0.39 is 0 Å². The average molecular weight is 172 g/mol. The first-order chi connectivity index (χ1) is 5.43. The number of carbonyl (C=O) groups excluding carboxylic acids is 1. The molecule has 0 aromatic heterocycles. The maximum atomic E-state index is 10.1. The Morgan fingerprint density at radius 2 is 1.82 bits per heavy atom. The van der Waals surface area contributed by atoms with Crippen LogP contribution in [0.5, 0.6) is 0 Å². The summed E-state index contributed by atoms with van der Waals surface area (Å²) in [6.45, 7) is 0. The van der Waals surface area contributed by atoms with Crippen molar-refractivity contribution in [3.63, 3.8) is 0 Å². The lowest BCUT2D eigenvalue weighted by molar-refractivity contribution is -0.105. The smallest absolute Gasteiger partial charge is 0.129 e. The van der Waals surface area contributed by atoms with Crippen LogP contribution in [0.3, 0.4) is 0 Å². The van der Waals surface area contributed by atoms with Crippen LogP contribution in [0.25, 0.3) is 0 Å². The van der Waals surface area contributed by atoms with Gasteiger partial charge in [-0.05, 0) is 12.8 Å². The summed E-state index contributed by atoms with van der Waals surface area (Å²) in [4.78, 5) is 10.1. The van der Waals surface area contributed by atoms with Crippen LogP contribution in [0.15, 0.2) is 0 Å². The molecule has 0 aromatic carbocycles. The van der Waals surface area contributed by atoms with Gasteiger partial charge in [0.05, 0.1) is 0 Å². The van der Waals surface area contributed by atoms with Crippen molar-refractivity contribution in [3.8, 4) is 0 Å². The van der Waals surface area contributed by atoms with E-state index in [0.29, 0.717) is 5.75 Å². The van der Waals surface area contributed by atoms with Crippen LogP contribution in [-0.2, 0) is 4.79 Å². The average Bonchev–Trinajstić information content (AvgIpc) is 2.28. The van der Waals surface area contributed by atoms with E-state index in [2.05, 4.69) is 0 Å². The highest BCUT2D eigenvalue weighted by Gasteiger charge is 2.11. The van der Waals surface area contributed by atoms with Gasteiger partial charge in [-0.3, -0.25) is 0 Å². The quantitative estimate of drug-likeness (QED) is 0.481. The summed E-state index contributed by atoms with van der Waals surface area (Å²) in [5.41, 5.74) is 0. The lowest BCUT2D eigenvalue weighted by Crippen LogP contribution is -2.01. The van der Waals surface area contributed by atoms with Crippen molar-refractivity contribution < 1.29 is 4.79 Å². The Labute approximate surface area is 72.9 Å². The highest BCUT2D eigenvalue weighted by atomic mass is 32.2. The first-order valence-electron chi connectivity index (χ1n) is 4.48. The van der Waals surface area contributed by atoms with Gasteiger partial charge < -0.3 is 4.79 Å². The maximum Gasteiger partial charge on any atom is 0.129 e. The number of thioether (sulfide) groups is 1. The van der Waals surface area contributed by atoms with Gasteiger partial charge in [0.15, 0.2) is 0 Å². The van der Waals surface area contributed by atoms with Crippen LogP contribution < -0.4 is 0 Å². The summed E-state index contributed by atoms with van der Waals surface area (Å²) in [7, 11) is 0. The number of hydrogen-bond acceptors (Lipinski definition) is 2. The third-order valence-electron chi connectivity index (χ3n) is 2.20. The van der Waals surface area contributed by atoms with Crippen molar-refractivity contribution in [2.75, 3.05) is 5.75 Å². The van der Waals surface area contributed by atoms with E-state index in [4.69, 9.17) is 0 Å². The van der Waals surface area contributed by atoms with Crippen LogP contribution in [0.1, 0.15) is 38.5 Å². The van der Waals surface area contributed by atoms with Crippen molar-refractivity contribution in [2.45, 2.75) is 43.8 Å². The van der Waals surface area contributed by atoms with Gasteiger partial charge in [0.2, 0.25) is 0 Å². The minimum atomic E-state index is 0.699. The minimum Gasteiger partial charge on any atom is -0.302 e. The van der Waals surface area contributed by atoms with E-state index >= 15 is 0 Å². The van der Waals surface area contributed by atoms with E-state index in [1.165, 1.54) is 38.5 Å². The van der Waals surface area contributed by atoms with Gasteiger partial charge in [0.1, 0.15) is 6.29 Å². The molecule has 0 N–H and O–H groups in total. The van der Waals surface area contributed by atoms with Gasteiger partial charge in [-0.2, -0.15) is 11.8 Å². The molecule has 0 aromatic rings. The molecule has 0 atom stereocenters. The van der Waals surface area contributed by atoms with Gasteiger partial charge in [0, 0.05) is 11.0 Å². The summed E-state index contributed by atoms with van der Waals surface area (Å²) in [5.74, 6) is 0.699. The molecule has 0 saturated heterocycles. The Kier molecular flexibility index (Phi) is 4.67. The zero-order valence-corrected chi connectivity index (χ0v) is 7.74. The predicted octanol–water partition coefficient (Wildman–Crippen LogP) is 2.64. The maximum absolute atomic E-state index is 10.1. The first-order valence-corrected chi connectivity index (χ1v) is 5.53. The van der Waals surface area contributed by atoms with Crippen molar-refractivity contribution in [1.82, 2.24) is 0 Å². The van der Waals surface area contributed by atoms with E-state index in [0.717, 1.165) is 11.5 Å². The van der Waals surface area contributed by atoms with Gasteiger partial charge in [-0.15, -0.1) is 0 Å². The molecule has 0 amide bonds. The van der Waals surface area contributed by atoms with Gasteiger partial charge in [0.25, 0.3) is 0 Å². The Bertz CT molecular complexity index is 106. The molecule has 1 rings (SSSR count). The Morgan fingerprint density at radius 1 is 1.18 bits per heavy atom. The summed E-state index contributed by atoms with van der Waals surface area (Å²) in [6.07, 6.45) is 9.23. The molecule has 0 heterocycles. The van der Waals surface area contributed by atoms with Crippen LogP contribution in [0, 0.1) is 0 Å². The number of carbonyl (C=O) groups is 1. The third-order valence-corrected chi connectivity index (χ3v) is 3.47. The molecular formula is C9H16OS. The fourth-order valence-electron chi connectivity index (χ4n) is 1.58. The first kappa shape index (κ1) is 9.11. The second-order valence-corrected chi connectivity index (χ2v) is 4.45. The SMILES string of the molecule is O=CCSC1CCCCCC1. The highest BCUT2D eigenvalue weighted by molar-refractivity contribution is 8.00. The molecule has 0 bridgehead atoms. The van der Waals surface area contributed by atoms with E-state index in [1.54, 1.807) is 0 Å². The van der Waals surface area contributed by atoms with Crippen molar-refractivity contribution >= 4 is 18.0 Å². The highest BCUT2D eigenvalue weighted by Crippen LogP contribution is 2.26. The Balaban J connectivity index is 2.14. The van der Waals surface area contributed by atoms with E-state index in [9.17, 15) is 4.79 Å². The topological polar surface area (TPSA) is 17.1 Å². The molecule has 0 aliphatic heterocycles. The van der Waals surface area contributed by atoms with Crippen molar-refractivity contribution in [2.24, 2.45) is 0 Å². The number of rotatable bonds is 3. The predicted molar refractivity (Wildman–Crippen MR) is 50.0 cm³/mol. The molecule has 1 aliphatic carbocycles. The monoisotopic (exact) mass is 172 g/mol. The minimum absolute atomic E-state index is 0.699. The molecular weight excluding hydrogens is 156 g/mol. The lowest BCUT2D eigenvalue weighted by Gasteiger charge is -2.10. The normalized spacial score (nSPS) is 21.1. The zero-order chi connectivity index (χ0) is 7.94. The fraction of sp³-hybridized carbons (Fsp3) is 0.889. The zero-order valence-electron chi connectivity index (χ0n) is 6.92. The molecule has 1 nitrogen and oxygen atoms in total. The molecule has 0 spiro atoms. The molecule has 64 valence electrons. The third kappa shape index (κ3) is 3.80. The lowest BCUT2D eigenvalue weighted by atomic mass is 10.2. The van der Waals surface area contributed by atoms with E-state index in [-0.39, 0.29) is 0 Å². The van der Waals surface area contributed by atoms with Crippen LogP contribution in [-0.4, -0.2) is 17.3 Å². The van der Waals surface area contributed by atoms with Crippen LogP contribution in [0.4, 0.5) is 0 Å². The van der Waals surface area contributed by atoms with Gasteiger partial charge >= 0.3 is 0 Å².